The first-order chi connectivity index (χ1) is 13.0. The van der Waals surface area contributed by atoms with Gasteiger partial charge in [0, 0.05) is 18.2 Å². The number of aromatic amines is 1. The molecule has 142 valence electrons. The Labute approximate surface area is 163 Å². The molecule has 5 nitrogen and oxygen atoms in total. The maximum absolute atomic E-state index is 12.8. The van der Waals surface area contributed by atoms with Crippen LogP contribution < -0.4 is 10.9 Å². The van der Waals surface area contributed by atoms with Crippen molar-refractivity contribution in [2.75, 3.05) is 0 Å². The van der Waals surface area contributed by atoms with Crippen molar-refractivity contribution < 1.29 is 4.79 Å². The minimum absolute atomic E-state index is 0.0956. The number of amides is 1. The first kappa shape index (κ1) is 18.2. The Balaban J connectivity index is 1.57. The van der Waals surface area contributed by atoms with Crippen LogP contribution in [0.1, 0.15) is 43.0 Å². The van der Waals surface area contributed by atoms with Gasteiger partial charge < -0.3 is 10.3 Å². The monoisotopic (exact) mass is 383 g/mol. The topological polar surface area (TPSA) is 66.9 Å². The van der Waals surface area contributed by atoms with Crippen LogP contribution in [-0.2, 0) is 6.54 Å². The molecule has 0 unspecified atom stereocenters. The molecule has 0 spiro atoms. The molecule has 2 N–H and O–H groups in total. The van der Waals surface area contributed by atoms with Crippen molar-refractivity contribution in [1.29, 1.82) is 0 Å². The van der Waals surface area contributed by atoms with Gasteiger partial charge in [-0.3, -0.25) is 14.2 Å². The molecule has 27 heavy (non-hydrogen) atoms. The molecule has 2 saturated carbocycles. The van der Waals surface area contributed by atoms with Crippen molar-refractivity contribution in [3.05, 3.63) is 51.5 Å². The van der Waals surface area contributed by atoms with Crippen molar-refractivity contribution in [1.82, 2.24) is 14.9 Å². The average molecular weight is 384 g/mol. The highest BCUT2D eigenvalue weighted by Gasteiger charge is 2.42. The van der Waals surface area contributed by atoms with E-state index < -0.39 is 0 Å². The molecule has 4 rings (SSSR count). The number of rotatable bonds is 5. The zero-order valence-electron chi connectivity index (χ0n) is 15.5. The molecule has 4 atom stereocenters. The van der Waals surface area contributed by atoms with Gasteiger partial charge >= 0.3 is 0 Å². The molecule has 2 fully saturated rings. The standard InChI is InChI=1S/C21H25N3O2S/c1-3-8-24-20(26)16-7-6-15(11-18(16)23-21(24)27)19(25)22-12(2)17-10-13-4-5-14(17)9-13/h3,6-7,11-14,17H,1,4-5,8-10H2,2H3,(H,22,25)(H,23,27)/t12-,13+,14+,17-/m1/s1. The van der Waals surface area contributed by atoms with Crippen LogP contribution in [-0.4, -0.2) is 21.5 Å². The number of nitrogens with one attached hydrogen (secondary N) is 2. The summed E-state index contributed by atoms with van der Waals surface area (Å²) < 4.78 is 1.79. The molecule has 1 heterocycles. The smallest absolute Gasteiger partial charge is 0.262 e. The zero-order valence-corrected chi connectivity index (χ0v) is 16.3. The zero-order chi connectivity index (χ0) is 19.1. The second kappa shape index (κ2) is 7.08. The summed E-state index contributed by atoms with van der Waals surface area (Å²) >= 11 is 5.27. The lowest BCUT2D eigenvalue weighted by Crippen LogP contribution is -2.40. The summed E-state index contributed by atoms with van der Waals surface area (Å²) in [6.07, 6.45) is 6.86. The minimum Gasteiger partial charge on any atom is -0.349 e. The third-order valence-electron chi connectivity index (χ3n) is 6.35. The van der Waals surface area contributed by atoms with Crippen molar-refractivity contribution in [3.63, 3.8) is 0 Å². The third-order valence-corrected chi connectivity index (χ3v) is 6.67. The lowest BCUT2D eigenvalue weighted by atomic mass is 9.84. The SMILES string of the molecule is C=CCn1c(=S)[nH]c2cc(C(=O)N[C@H](C)[C@H]3C[C@H]4CC[C@H]3C4)ccc2c1=O. The van der Waals surface area contributed by atoms with E-state index in [0.717, 1.165) is 11.8 Å². The van der Waals surface area contributed by atoms with Gasteiger partial charge in [0.05, 0.1) is 10.9 Å². The Hall–Kier alpha value is -2.21. The van der Waals surface area contributed by atoms with Crippen LogP contribution in [0.3, 0.4) is 0 Å². The summed E-state index contributed by atoms with van der Waals surface area (Å²) in [4.78, 5) is 28.4. The Morgan fingerprint density at radius 1 is 1.44 bits per heavy atom. The first-order valence-electron chi connectivity index (χ1n) is 9.66. The molecule has 0 aliphatic heterocycles. The van der Waals surface area contributed by atoms with Crippen LogP contribution in [0.5, 0.6) is 0 Å². The summed E-state index contributed by atoms with van der Waals surface area (Å²) in [6, 6.07) is 5.29. The molecule has 1 aromatic carbocycles. The van der Waals surface area contributed by atoms with Gasteiger partial charge in [-0.1, -0.05) is 12.5 Å². The Morgan fingerprint density at radius 3 is 2.93 bits per heavy atom. The van der Waals surface area contributed by atoms with E-state index >= 15 is 0 Å². The molecule has 2 aliphatic carbocycles. The van der Waals surface area contributed by atoms with Gasteiger partial charge in [-0.2, -0.15) is 0 Å². The van der Waals surface area contributed by atoms with Gasteiger partial charge in [0.2, 0.25) is 0 Å². The maximum atomic E-state index is 12.8. The Kier molecular flexibility index (Phi) is 4.76. The van der Waals surface area contributed by atoms with E-state index in [9.17, 15) is 9.59 Å². The second-order valence-corrected chi connectivity index (χ2v) is 8.38. The summed E-state index contributed by atoms with van der Waals surface area (Å²) in [6.45, 7) is 6.13. The Bertz CT molecular complexity index is 1020. The highest BCUT2D eigenvalue weighted by molar-refractivity contribution is 7.71. The summed E-state index contributed by atoms with van der Waals surface area (Å²) in [5.74, 6) is 2.12. The highest BCUT2D eigenvalue weighted by atomic mass is 32.1. The van der Waals surface area contributed by atoms with Crippen LogP contribution in [0, 0.1) is 22.5 Å². The van der Waals surface area contributed by atoms with Gasteiger partial charge in [0.15, 0.2) is 4.77 Å². The van der Waals surface area contributed by atoms with Crippen LogP contribution >= 0.6 is 12.2 Å². The molecule has 6 heteroatoms. The van der Waals surface area contributed by atoms with Crippen molar-refractivity contribution in [3.8, 4) is 0 Å². The predicted molar refractivity (Wildman–Crippen MR) is 109 cm³/mol. The van der Waals surface area contributed by atoms with Crippen molar-refractivity contribution in [2.45, 2.75) is 45.2 Å². The summed E-state index contributed by atoms with van der Waals surface area (Å²) in [5, 5.41) is 3.69. The molecule has 2 aliphatic rings. The number of aromatic nitrogens is 2. The average Bonchev–Trinajstić information content (AvgIpc) is 3.28. The van der Waals surface area contributed by atoms with Crippen LogP contribution in [0.25, 0.3) is 10.9 Å². The first-order valence-corrected chi connectivity index (χ1v) is 10.1. The fourth-order valence-corrected chi connectivity index (χ4v) is 5.26. The van der Waals surface area contributed by atoms with Gasteiger partial charge in [0.25, 0.3) is 11.5 Å². The number of carbonyl (C=O) groups excluding carboxylic acids is 1. The fraction of sp³-hybridized carbons (Fsp3) is 0.476. The van der Waals surface area contributed by atoms with E-state index in [1.165, 1.54) is 30.3 Å². The molecular formula is C21H25N3O2S. The Morgan fingerprint density at radius 2 is 2.26 bits per heavy atom. The minimum atomic E-state index is -0.170. The largest absolute Gasteiger partial charge is 0.349 e. The van der Waals surface area contributed by atoms with E-state index in [1.54, 1.807) is 24.3 Å². The molecule has 1 aromatic heterocycles. The van der Waals surface area contributed by atoms with Gasteiger partial charge in [-0.05, 0) is 74.4 Å². The number of benzene rings is 1. The van der Waals surface area contributed by atoms with Gasteiger partial charge in [-0.25, -0.2) is 0 Å². The van der Waals surface area contributed by atoms with E-state index in [0.29, 0.717) is 33.7 Å². The fourth-order valence-electron chi connectivity index (χ4n) is 4.99. The maximum Gasteiger partial charge on any atom is 0.262 e. The number of carbonyl (C=O) groups is 1. The number of hydrogen-bond acceptors (Lipinski definition) is 3. The lowest BCUT2D eigenvalue weighted by molar-refractivity contribution is 0.0915. The number of H-pyrrole nitrogens is 1. The molecule has 0 saturated heterocycles. The molecule has 0 radical (unpaired) electrons. The number of fused-ring (bicyclic) bond motifs is 3. The van der Waals surface area contributed by atoms with Crippen molar-refractivity contribution >= 4 is 29.0 Å². The van der Waals surface area contributed by atoms with E-state index in [1.807, 2.05) is 0 Å². The number of allylic oxidation sites excluding steroid dienone is 1. The molecule has 2 aromatic rings. The highest BCUT2D eigenvalue weighted by Crippen LogP contribution is 2.49. The van der Waals surface area contributed by atoms with Crippen LogP contribution in [0.4, 0.5) is 0 Å². The van der Waals surface area contributed by atoms with Gasteiger partial charge in [-0.15, -0.1) is 6.58 Å². The lowest BCUT2D eigenvalue weighted by Gasteiger charge is -2.28. The summed E-state index contributed by atoms with van der Waals surface area (Å²) in [5.41, 5.74) is 0.963. The van der Waals surface area contributed by atoms with E-state index in [4.69, 9.17) is 12.2 Å². The molecular weight excluding hydrogens is 358 g/mol. The second-order valence-electron chi connectivity index (χ2n) is 8.00. The predicted octanol–water partition coefficient (Wildman–Crippen LogP) is 3.80. The van der Waals surface area contributed by atoms with Crippen LogP contribution in [0.2, 0.25) is 0 Å². The molecule has 1 amide bonds. The molecule has 2 bridgehead atoms. The normalized spacial score (nSPS) is 24.9. The number of hydrogen-bond donors (Lipinski definition) is 2. The van der Waals surface area contributed by atoms with Crippen LogP contribution in [0.15, 0.2) is 35.6 Å². The van der Waals surface area contributed by atoms with E-state index in [2.05, 4.69) is 23.8 Å². The quantitative estimate of drug-likeness (QED) is 0.610. The third kappa shape index (κ3) is 3.27. The number of nitrogens with zero attached hydrogens (tertiary/aromatic N) is 1. The van der Waals surface area contributed by atoms with Gasteiger partial charge in [0.1, 0.15) is 0 Å². The summed E-state index contributed by atoms with van der Waals surface area (Å²) in [7, 11) is 0. The van der Waals surface area contributed by atoms with Crippen molar-refractivity contribution in [2.24, 2.45) is 17.8 Å². The van der Waals surface area contributed by atoms with E-state index in [-0.39, 0.29) is 17.5 Å².